The van der Waals surface area contributed by atoms with Crippen LogP contribution in [0.15, 0.2) is 58.2 Å². The molecule has 2 aromatic carbocycles. The van der Waals surface area contributed by atoms with E-state index < -0.39 is 16.1 Å². The molecule has 1 aromatic heterocycles. The molecule has 3 aromatic rings. The van der Waals surface area contributed by atoms with Crippen LogP contribution in [0.5, 0.6) is 5.75 Å². The van der Waals surface area contributed by atoms with Crippen LogP contribution in [0.2, 0.25) is 0 Å². The second-order valence-electron chi connectivity index (χ2n) is 10.3. The molecule has 4 atom stereocenters. The van der Waals surface area contributed by atoms with Crippen LogP contribution in [0, 0.1) is 11.8 Å². The van der Waals surface area contributed by atoms with Crippen molar-refractivity contribution in [2.75, 3.05) is 13.7 Å². The van der Waals surface area contributed by atoms with Crippen molar-refractivity contribution >= 4 is 27.0 Å². The summed E-state index contributed by atoms with van der Waals surface area (Å²) in [5, 5.41) is 0. The normalized spacial score (nSPS) is 26.0. The molecule has 3 unspecified atom stereocenters. The molecule has 0 spiro atoms. The number of methoxy groups -OCH3 is 1. The summed E-state index contributed by atoms with van der Waals surface area (Å²) >= 11 is 0. The lowest BCUT2D eigenvalue weighted by molar-refractivity contribution is -0.138. The van der Waals surface area contributed by atoms with Gasteiger partial charge in [-0.25, -0.2) is 13.4 Å². The number of ether oxygens (including phenoxy) is 1. The number of hydrogen-bond donors (Lipinski definition) is 0. The number of hydrogen-bond acceptors (Lipinski definition) is 6. The first-order valence-corrected chi connectivity index (χ1v) is 14.2. The van der Waals surface area contributed by atoms with Crippen molar-refractivity contribution in [2.45, 2.75) is 62.0 Å². The van der Waals surface area contributed by atoms with Gasteiger partial charge >= 0.3 is 0 Å². The van der Waals surface area contributed by atoms with E-state index in [2.05, 4.69) is 4.98 Å². The van der Waals surface area contributed by atoms with Crippen LogP contribution >= 0.6 is 0 Å². The highest BCUT2D eigenvalue weighted by atomic mass is 32.2. The Kier molecular flexibility index (Phi) is 6.00. The van der Waals surface area contributed by atoms with E-state index in [9.17, 15) is 13.2 Å². The van der Waals surface area contributed by atoms with Crippen molar-refractivity contribution in [3.05, 3.63) is 54.4 Å². The molecule has 36 heavy (non-hydrogen) atoms. The molecule has 9 heteroatoms. The summed E-state index contributed by atoms with van der Waals surface area (Å²) < 4.78 is 39.1. The quantitative estimate of drug-likeness (QED) is 0.474. The lowest BCUT2D eigenvalue weighted by atomic mass is 9.93. The number of aromatic nitrogens is 1. The Hall–Kier alpha value is -2.91. The summed E-state index contributed by atoms with van der Waals surface area (Å²) in [6.07, 6.45) is 6.99. The number of amides is 1. The number of benzene rings is 2. The summed E-state index contributed by atoms with van der Waals surface area (Å²) in [6.45, 7) is 0.787. The van der Waals surface area contributed by atoms with Gasteiger partial charge in [0.2, 0.25) is 15.9 Å². The number of carbonyl (C=O) groups is 1. The highest BCUT2D eigenvalue weighted by molar-refractivity contribution is 7.89. The van der Waals surface area contributed by atoms with Gasteiger partial charge in [0.25, 0.3) is 0 Å². The molecule has 190 valence electrons. The van der Waals surface area contributed by atoms with E-state index in [-0.39, 0.29) is 16.8 Å². The van der Waals surface area contributed by atoms with Crippen LogP contribution in [0.3, 0.4) is 0 Å². The highest BCUT2D eigenvalue weighted by Gasteiger charge is 2.47. The minimum absolute atomic E-state index is 0.0889. The Balaban J connectivity index is 1.29. The molecule has 8 nitrogen and oxygen atoms in total. The second kappa shape index (κ2) is 9.19. The van der Waals surface area contributed by atoms with E-state index >= 15 is 0 Å². The third-order valence-corrected chi connectivity index (χ3v) is 10.1. The predicted molar refractivity (Wildman–Crippen MR) is 134 cm³/mol. The van der Waals surface area contributed by atoms with Gasteiger partial charge in [-0.3, -0.25) is 4.79 Å². The maximum Gasteiger partial charge on any atom is 0.243 e. The van der Waals surface area contributed by atoms with Gasteiger partial charge in [0.15, 0.2) is 12.0 Å². The van der Waals surface area contributed by atoms with Crippen LogP contribution in [-0.4, -0.2) is 54.3 Å². The third-order valence-electron chi connectivity index (χ3n) is 8.14. The average molecular weight is 510 g/mol. The van der Waals surface area contributed by atoms with Crippen molar-refractivity contribution in [1.82, 2.24) is 14.2 Å². The summed E-state index contributed by atoms with van der Waals surface area (Å²) in [6, 6.07) is 11.6. The Morgan fingerprint density at radius 2 is 1.94 bits per heavy atom. The summed E-state index contributed by atoms with van der Waals surface area (Å²) in [7, 11) is -2.27. The smallest absolute Gasteiger partial charge is 0.243 e. The summed E-state index contributed by atoms with van der Waals surface area (Å²) in [4.78, 5) is 20.5. The van der Waals surface area contributed by atoms with E-state index in [0.717, 1.165) is 36.3 Å². The maximum absolute atomic E-state index is 14.1. The molecule has 3 aliphatic rings. The minimum Gasteiger partial charge on any atom is -0.497 e. The van der Waals surface area contributed by atoms with Crippen molar-refractivity contribution < 1.29 is 22.4 Å². The number of fused-ring (bicyclic) bond motifs is 2. The lowest BCUT2D eigenvalue weighted by Gasteiger charge is -2.37. The van der Waals surface area contributed by atoms with Crippen LogP contribution in [0.25, 0.3) is 11.1 Å². The highest BCUT2D eigenvalue weighted by Crippen LogP contribution is 2.50. The molecular formula is C27H31N3O5S. The van der Waals surface area contributed by atoms with E-state index in [1.54, 1.807) is 31.4 Å². The van der Waals surface area contributed by atoms with Crippen LogP contribution in [0.4, 0.5) is 0 Å². The largest absolute Gasteiger partial charge is 0.497 e. The fourth-order valence-corrected chi connectivity index (χ4v) is 7.69. The number of sulfonamides is 1. The number of carbonyl (C=O) groups excluding carboxylic acids is 1. The molecule has 2 saturated carbocycles. The molecule has 2 heterocycles. The first-order valence-electron chi connectivity index (χ1n) is 12.7. The van der Waals surface area contributed by atoms with Crippen LogP contribution in [0.1, 0.15) is 44.1 Å². The molecule has 0 radical (unpaired) electrons. The van der Waals surface area contributed by atoms with Crippen molar-refractivity contribution in [3.8, 4) is 5.75 Å². The topological polar surface area (TPSA) is 93.0 Å². The Bertz CT molecular complexity index is 1370. The first-order chi connectivity index (χ1) is 17.4. The summed E-state index contributed by atoms with van der Waals surface area (Å²) in [5.74, 6) is 2.01. The van der Waals surface area contributed by atoms with Crippen LogP contribution < -0.4 is 4.74 Å². The zero-order chi connectivity index (χ0) is 24.9. The van der Waals surface area contributed by atoms with Gasteiger partial charge in [0.1, 0.15) is 17.3 Å². The molecule has 2 aliphatic carbocycles. The van der Waals surface area contributed by atoms with Gasteiger partial charge in [-0.15, -0.1) is 0 Å². The molecule has 1 aliphatic heterocycles. The fraction of sp³-hybridized carbons (Fsp3) is 0.481. The zero-order valence-electron chi connectivity index (χ0n) is 20.4. The van der Waals surface area contributed by atoms with Gasteiger partial charge in [-0.1, -0.05) is 6.07 Å². The lowest BCUT2D eigenvalue weighted by Crippen LogP contribution is -2.51. The number of nitrogens with zero attached hydrogens (tertiary/aromatic N) is 3. The van der Waals surface area contributed by atoms with Gasteiger partial charge in [-0.05, 0) is 92.3 Å². The SMILES string of the molecule is COc1ccc(S(=O)(=O)N2CCC[C@H]2C(=O)N(Cc2ccc3ocnc3c2)C2CCC3CC3C2)cc1. The Labute approximate surface area is 211 Å². The Morgan fingerprint density at radius 3 is 2.72 bits per heavy atom. The van der Waals surface area contributed by atoms with Crippen LogP contribution in [-0.2, 0) is 21.4 Å². The van der Waals surface area contributed by atoms with Crippen molar-refractivity contribution in [3.63, 3.8) is 0 Å². The fourth-order valence-electron chi connectivity index (χ4n) is 6.04. The van der Waals surface area contributed by atoms with Gasteiger partial charge in [0.05, 0.1) is 12.0 Å². The minimum atomic E-state index is -3.81. The molecule has 6 rings (SSSR count). The van der Waals surface area contributed by atoms with E-state index in [0.29, 0.717) is 43.2 Å². The molecular weight excluding hydrogens is 478 g/mol. The van der Waals surface area contributed by atoms with Crippen molar-refractivity contribution in [1.29, 1.82) is 0 Å². The zero-order valence-corrected chi connectivity index (χ0v) is 21.2. The standard InChI is InChI=1S/C27H31N3O5S/c1-34-22-7-9-23(10-8-22)36(32,33)30-12-2-3-25(30)27(31)29(21-6-5-19-14-20(19)15-21)16-18-4-11-26-24(13-18)28-17-35-26/h4,7-11,13,17,19-21,25H,2-3,5-6,12,14-16H2,1H3/t19?,20?,21?,25-/m0/s1. The third kappa shape index (κ3) is 4.28. The molecule has 0 N–H and O–H groups in total. The van der Waals surface area contributed by atoms with E-state index in [4.69, 9.17) is 9.15 Å². The van der Waals surface area contributed by atoms with Gasteiger partial charge in [0, 0.05) is 19.1 Å². The van der Waals surface area contributed by atoms with E-state index in [1.807, 2.05) is 23.1 Å². The number of rotatable bonds is 7. The number of oxazole rings is 1. The van der Waals surface area contributed by atoms with Crippen molar-refractivity contribution in [2.24, 2.45) is 11.8 Å². The van der Waals surface area contributed by atoms with E-state index in [1.165, 1.54) is 17.1 Å². The summed E-state index contributed by atoms with van der Waals surface area (Å²) in [5.41, 5.74) is 2.45. The molecule has 1 saturated heterocycles. The molecule has 1 amide bonds. The second-order valence-corrected chi connectivity index (χ2v) is 12.2. The van der Waals surface area contributed by atoms with Gasteiger partial charge < -0.3 is 14.1 Å². The monoisotopic (exact) mass is 509 g/mol. The van der Waals surface area contributed by atoms with Gasteiger partial charge in [-0.2, -0.15) is 4.31 Å². The molecule has 3 fully saturated rings. The Morgan fingerprint density at radius 1 is 1.11 bits per heavy atom. The first kappa shape index (κ1) is 23.5. The molecule has 0 bridgehead atoms. The maximum atomic E-state index is 14.1. The predicted octanol–water partition coefficient (Wildman–Crippen LogP) is 4.21. The average Bonchev–Trinajstić information content (AvgIpc) is 3.26.